The summed E-state index contributed by atoms with van der Waals surface area (Å²) in [6.07, 6.45) is 9.57. The Hall–Kier alpha value is -0.690. The molecule has 0 aromatic rings. The highest BCUT2D eigenvalue weighted by molar-refractivity contribution is 7.81. The summed E-state index contributed by atoms with van der Waals surface area (Å²) in [5, 5.41) is 0.249. The molecule has 0 saturated heterocycles. The van der Waals surface area contributed by atoms with Gasteiger partial charge in [0.2, 0.25) is 0 Å². The van der Waals surface area contributed by atoms with Gasteiger partial charge >= 0.3 is 0 Å². The monoisotopic (exact) mass is 222 g/mol. The van der Waals surface area contributed by atoms with Crippen LogP contribution in [0.4, 0.5) is 0 Å². The molecule has 0 saturated carbocycles. The van der Waals surface area contributed by atoms with E-state index in [9.17, 15) is 0 Å². The molecule has 0 rings (SSSR count). The lowest BCUT2D eigenvalue weighted by Crippen LogP contribution is -2.18. The van der Waals surface area contributed by atoms with Gasteiger partial charge in [0.25, 0.3) is 0 Å². The van der Waals surface area contributed by atoms with E-state index in [1.807, 2.05) is 18.2 Å². The number of hydrogen-bond acceptors (Lipinski definition) is 1. The van der Waals surface area contributed by atoms with Crippen molar-refractivity contribution in [3.8, 4) is 0 Å². The van der Waals surface area contributed by atoms with Crippen LogP contribution in [-0.2, 0) is 0 Å². The van der Waals surface area contributed by atoms with E-state index in [0.717, 1.165) is 0 Å². The fraction of sp³-hybridized carbons (Fsp3) is 0.429. The van der Waals surface area contributed by atoms with Gasteiger partial charge in [-0.25, -0.2) is 0 Å². The van der Waals surface area contributed by atoms with Crippen molar-refractivity contribution in [2.45, 2.75) is 26.0 Å². The molecule has 0 spiro atoms. The number of thiol groups is 1. The standard InChI is InChI=1S/C14H22S/c1-6-8-10-13(9-7-2)14(15)12(5)11(3)4/h6-12,14-15H,1-2H2,3-5H3/b10-8-,13-9+. The number of rotatable bonds is 6. The second kappa shape index (κ2) is 7.58. The SMILES string of the molecule is C=C/C=C\C(=C/C=C)C(S)C(C)C(C)C. The molecule has 2 unspecified atom stereocenters. The first-order valence-corrected chi connectivity index (χ1v) is 5.86. The predicted molar refractivity (Wildman–Crippen MR) is 74.4 cm³/mol. The van der Waals surface area contributed by atoms with Gasteiger partial charge in [0, 0.05) is 5.25 Å². The smallest absolute Gasteiger partial charge is 0.0295 e. The zero-order chi connectivity index (χ0) is 11.8. The van der Waals surface area contributed by atoms with Crippen molar-refractivity contribution >= 4 is 12.6 Å². The van der Waals surface area contributed by atoms with Crippen LogP contribution in [0.25, 0.3) is 0 Å². The summed E-state index contributed by atoms with van der Waals surface area (Å²) in [6, 6.07) is 0. The number of hydrogen-bond donors (Lipinski definition) is 1. The van der Waals surface area contributed by atoms with Gasteiger partial charge in [-0.2, -0.15) is 12.6 Å². The zero-order valence-electron chi connectivity index (χ0n) is 9.98. The average molecular weight is 222 g/mol. The van der Waals surface area contributed by atoms with Gasteiger partial charge in [0.15, 0.2) is 0 Å². The first-order chi connectivity index (χ1) is 7.04. The topological polar surface area (TPSA) is 0 Å². The highest BCUT2D eigenvalue weighted by Crippen LogP contribution is 2.25. The third-order valence-corrected chi connectivity index (χ3v) is 3.39. The molecule has 0 bridgehead atoms. The summed E-state index contributed by atoms with van der Waals surface area (Å²) in [5.41, 5.74) is 1.19. The summed E-state index contributed by atoms with van der Waals surface area (Å²) in [5.74, 6) is 1.16. The molecule has 84 valence electrons. The molecule has 0 amide bonds. The van der Waals surface area contributed by atoms with Crippen molar-refractivity contribution in [1.29, 1.82) is 0 Å². The number of allylic oxidation sites excluding steroid dienone is 5. The minimum absolute atomic E-state index is 0.249. The zero-order valence-corrected chi connectivity index (χ0v) is 10.9. The van der Waals surface area contributed by atoms with Crippen molar-refractivity contribution < 1.29 is 0 Å². The van der Waals surface area contributed by atoms with Crippen LogP contribution >= 0.6 is 12.6 Å². The third-order valence-electron chi connectivity index (χ3n) is 2.63. The van der Waals surface area contributed by atoms with Gasteiger partial charge in [0.05, 0.1) is 0 Å². The van der Waals surface area contributed by atoms with E-state index in [2.05, 4.69) is 46.6 Å². The highest BCUT2D eigenvalue weighted by atomic mass is 32.1. The Kier molecular flexibility index (Phi) is 7.23. The highest BCUT2D eigenvalue weighted by Gasteiger charge is 2.18. The van der Waals surface area contributed by atoms with E-state index in [4.69, 9.17) is 0 Å². The van der Waals surface area contributed by atoms with Crippen LogP contribution in [0.15, 0.2) is 49.1 Å². The molecule has 0 aliphatic heterocycles. The van der Waals surface area contributed by atoms with Crippen LogP contribution in [0.3, 0.4) is 0 Å². The first-order valence-electron chi connectivity index (χ1n) is 5.34. The van der Waals surface area contributed by atoms with E-state index < -0.39 is 0 Å². The van der Waals surface area contributed by atoms with E-state index in [-0.39, 0.29) is 5.25 Å². The van der Waals surface area contributed by atoms with Crippen LogP contribution in [0.1, 0.15) is 20.8 Å². The molecule has 0 heterocycles. The van der Waals surface area contributed by atoms with Crippen molar-refractivity contribution in [2.24, 2.45) is 11.8 Å². The van der Waals surface area contributed by atoms with E-state index in [1.165, 1.54) is 5.57 Å². The van der Waals surface area contributed by atoms with Crippen molar-refractivity contribution in [2.75, 3.05) is 0 Å². The van der Waals surface area contributed by atoms with Crippen LogP contribution in [0.2, 0.25) is 0 Å². The van der Waals surface area contributed by atoms with E-state index in [0.29, 0.717) is 11.8 Å². The van der Waals surface area contributed by atoms with E-state index in [1.54, 1.807) is 12.2 Å². The Bertz CT molecular complexity index is 259. The summed E-state index contributed by atoms with van der Waals surface area (Å²) in [4.78, 5) is 0. The minimum Gasteiger partial charge on any atom is -0.171 e. The molecule has 1 heteroatoms. The second-order valence-corrected chi connectivity index (χ2v) is 4.60. The van der Waals surface area contributed by atoms with Crippen LogP contribution in [0.5, 0.6) is 0 Å². The molecule has 0 aliphatic carbocycles. The summed E-state index contributed by atoms with van der Waals surface area (Å²) in [7, 11) is 0. The molecular formula is C14H22S. The third kappa shape index (κ3) is 5.08. The maximum atomic E-state index is 4.66. The minimum atomic E-state index is 0.249. The Morgan fingerprint density at radius 2 is 1.73 bits per heavy atom. The molecule has 0 aliphatic rings. The van der Waals surface area contributed by atoms with Gasteiger partial charge in [0.1, 0.15) is 0 Å². The van der Waals surface area contributed by atoms with Crippen LogP contribution in [-0.4, -0.2) is 5.25 Å². The molecular weight excluding hydrogens is 200 g/mol. The second-order valence-electron chi connectivity index (χ2n) is 4.05. The Morgan fingerprint density at radius 1 is 1.13 bits per heavy atom. The van der Waals surface area contributed by atoms with E-state index >= 15 is 0 Å². The predicted octanol–water partition coefficient (Wildman–Crippen LogP) is 4.43. The quantitative estimate of drug-likeness (QED) is 0.499. The molecule has 0 fully saturated rings. The molecule has 0 radical (unpaired) electrons. The Labute approximate surface area is 99.9 Å². The molecule has 0 aromatic heterocycles. The maximum absolute atomic E-state index is 4.66. The fourth-order valence-corrected chi connectivity index (χ4v) is 1.75. The maximum Gasteiger partial charge on any atom is 0.0295 e. The van der Waals surface area contributed by atoms with Gasteiger partial charge in [-0.15, -0.1) is 0 Å². The summed E-state index contributed by atoms with van der Waals surface area (Å²) < 4.78 is 0. The lowest BCUT2D eigenvalue weighted by atomic mass is 9.90. The van der Waals surface area contributed by atoms with Crippen LogP contribution in [0, 0.1) is 11.8 Å². The lowest BCUT2D eigenvalue weighted by molar-refractivity contribution is 0.429. The summed E-state index contributed by atoms with van der Waals surface area (Å²) in [6.45, 7) is 14.1. The molecule has 2 atom stereocenters. The lowest BCUT2D eigenvalue weighted by Gasteiger charge is -2.23. The summed E-state index contributed by atoms with van der Waals surface area (Å²) >= 11 is 4.66. The molecule has 15 heavy (non-hydrogen) atoms. The van der Waals surface area contributed by atoms with Crippen LogP contribution < -0.4 is 0 Å². The van der Waals surface area contributed by atoms with Gasteiger partial charge in [-0.3, -0.25) is 0 Å². The first kappa shape index (κ1) is 14.3. The van der Waals surface area contributed by atoms with Crippen molar-refractivity contribution in [3.05, 3.63) is 49.1 Å². The molecule has 0 N–H and O–H groups in total. The average Bonchev–Trinajstić information content (AvgIpc) is 2.22. The Balaban J connectivity index is 4.77. The molecule has 0 aromatic carbocycles. The Morgan fingerprint density at radius 3 is 2.13 bits per heavy atom. The fourth-order valence-electron chi connectivity index (χ4n) is 1.24. The molecule has 0 nitrogen and oxygen atoms in total. The van der Waals surface area contributed by atoms with Gasteiger partial charge in [-0.1, -0.05) is 64.3 Å². The van der Waals surface area contributed by atoms with Crippen molar-refractivity contribution in [3.63, 3.8) is 0 Å². The normalized spacial score (nSPS) is 16.7. The van der Waals surface area contributed by atoms with Gasteiger partial charge < -0.3 is 0 Å². The largest absolute Gasteiger partial charge is 0.171 e. The van der Waals surface area contributed by atoms with Gasteiger partial charge in [-0.05, 0) is 17.4 Å². The van der Waals surface area contributed by atoms with Crippen molar-refractivity contribution in [1.82, 2.24) is 0 Å².